The molecule has 0 spiro atoms. The van der Waals surface area contributed by atoms with E-state index in [4.69, 9.17) is 4.74 Å². The Morgan fingerprint density at radius 2 is 2.00 bits per heavy atom. The highest BCUT2D eigenvalue weighted by atomic mass is 16.6. The van der Waals surface area contributed by atoms with Crippen molar-refractivity contribution in [2.24, 2.45) is 5.92 Å². The van der Waals surface area contributed by atoms with Crippen LogP contribution in [0.1, 0.15) is 18.4 Å². The minimum absolute atomic E-state index is 0.0499. The second-order valence-corrected chi connectivity index (χ2v) is 4.90. The highest BCUT2D eigenvalue weighted by Crippen LogP contribution is 2.33. The van der Waals surface area contributed by atoms with Crippen molar-refractivity contribution < 1.29 is 14.3 Å². The minimum atomic E-state index is -0.479. The Morgan fingerprint density at radius 3 is 2.67 bits per heavy atom. The fourth-order valence-electron chi connectivity index (χ4n) is 2.29. The monoisotopic (exact) mass is 245 g/mol. The maximum absolute atomic E-state index is 12.0. The molecule has 3 rings (SSSR count). The van der Waals surface area contributed by atoms with Crippen LogP contribution in [0.4, 0.5) is 4.79 Å². The summed E-state index contributed by atoms with van der Waals surface area (Å²) in [7, 11) is 0. The Bertz CT molecular complexity index is 467. The number of imide groups is 1. The summed E-state index contributed by atoms with van der Waals surface area (Å²) in [6, 6.07) is 9.73. The van der Waals surface area contributed by atoms with Crippen LogP contribution in [0, 0.1) is 5.92 Å². The molecule has 94 valence electrons. The second-order valence-electron chi connectivity index (χ2n) is 4.90. The number of carbonyl (C=O) groups is 2. The van der Waals surface area contributed by atoms with E-state index in [0.717, 1.165) is 18.4 Å². The third kappa shape index (κ3) is 2.10. The molecule has 1 aliphatic carbocycles. The van der Waals surface area contributed by atoms with Gasteiger partial charge in [0.25, 0.3) is 0 Å². The number of hydrogen-bond acceptors (Lipinski definition) is 3. The smallest absolute Gasteiger partial charge is 0.416 e. The summed E-state index contributed by atoms with van der Waals surface area (Å²) < 4.78 is 5.02. The van der Waals surface area contributed by atoms with Crippen LogP contribution in [0.2, 0.25) is 0 Å². The largest absolute Gasteiger partial charge is 0.447 e. The Labute approximate surface area is 106 Å². The van der Waals surface area contributed by atoms with Crippen LogP contribution >= 0.6 is 0 Å². The molecule has 0 unspecified atom stereocenters. The molecule has 1 atom stereocenters. The normalized spacial score (nSPS) is 23.0. The molecule has 0 aromatic heterocycles. The van der Waals surface area contributed by atoms with Gasteiger partial charge < -0.3 is 4.74 Å². The van der Waals surface area contributed by atoms with Gasteiger partial charge in [-0.15, -0.1) is 0 Å². The number of amides is 2. The predicted octanol–water partition coefficient (Wildman–Crippen LogP) is 1.99. The van der Waals surface area contributed by atoms with E-state index in [0.29, 0.717) is 13.0 Å². The maximum atomic E-state index is 12.0. The fraction of sp³-hybridized carbons (Fsp3) is 0.429. The quantitative estimate of drug-likeness (QED) is 0.818. The van der Waals surface area contributed by atoms with Crippen molar-refractivity contribution in [1.29, 1.82) is 0 Å². The van der Waals surface area contributed by atoms with E-state index in [1.807, 2.05) is 30.3 Å². The lowest BCUT2D eigenvalue weighted by atomic mass is 10.1. The van der Waals surface area contributed by atoms with Gasteiger partial charge in [0.1, 0.15) is 6.61 Å². The van der Waals surface area contributed by atoms with Crippen LogP contribution in [-0.2, 0) is 16.0 Å². The first-order valence-corrected chi connectivity index (χ1v) is 6.29. The van der Waals surface area contributed by atoms with Gasteiger partial charge >= 0.3 is 6.09 Å². The molecule has 0 bridgehead atoms. The fourth-order valence-corrected chi connectivity index (χ4v) is 2.29. The predicted molar refractivity (Wildman–Crippen MR) is 64.9 cm³/mol. The first-order chi connectivity index (χ1) is 8.75. The summed E-state index contributed by atoms with van der Waals surface area (Å²) in [6.45, 7) is 0.312. The number of rotatable bonds is 3. The summed E-state index contributed by atoms with van der Waals surface area (Å²) in [6.07, 6.45) is 2.00. The Kier molecular flexibility index (Phi) is 2.78. The zero-order chi connectivity index (χ0) is 12.5. The molecule has 2 amide bonds. The SMILES string of the molecule is O=C1OC[C@H](Cc2ccccc2)N1C(=O)C1CC1. The zero-order valence-corrected chi connectivity index (χ0v) is 10.0. The van der Waals surface area contributed by atoms with E-state index in [1.54, 1.807) is 0 Å². The molecular weight excluding hydrogens is 230 g/mol. The third-order valence-electron chi connectivity index (χ3n) is 3.44. The van der Waals surface area contributed by atoms with Gasteiger partial charge in [-0.05, 0) is 24.8 Å². The second kappa shape index (κ2) is 4.44. The number of hydrogen-bond donors (Lipinski definition) is 0. The molecule has 0 radical (unpaired) electrons. The first kappa shape index (κ1) is 11.3. The standard InChI is InChI=1S/C14H15NO3/c16-13(11-6-7-11)15-12(9-18-14(15)17)8-10-4-2-1-3-5-10/h1-5,11-12H,6-9H2/t12-/m0/s1. The van der Waals surface area contributed by atoms with Crippen LogP contribution in [0.25, 0.3) is 0 Å². The third-order valence-corrected chi connectivity index (χ3v) is 3.44. The van der Waals surface area contributed by atoms with Crippen LogP contribution in [0.15, 0.2) is 30.3 Å². The molecule has 1 aromatic carbocycles. The van der Waals surface area contributed by atoms with Crippen molar-refractivity contribution in [1.82, 2.24) is 4.90 Å². The van der Waals surface area contributed by atoms with E-state index >= 15 is 0 Å². The van der Waals surface area contributed by atoms with Crippen molar-refractivity contribution in [3.8, 4) is 0 Å². The first-order valence-electron chi connectivity index (χ1n) is 6.29. The van der Waals surface area contributed by atoms with Gasteiger partial charge in [0.05, 0.1) is 6.04 Å². The molecule has 1 aromatic rings. The van der Waals surface area contributed by atoms with Gasteiger partial charge in [-0.2, -0.15) is 0 Å². The van der Waals surface area contributed by atoms with Gasteiger partial charge in [0, 0.05) is 5.92 Å². The molecule has 4 heteroatoms. The van der Waals surface area contributed by atoms with E-state index in [-0.39, 0.29) is 17.9 Å². The summed E-state index contributed by atoms with van der Waals surface area (Å²) in [4.78, 5) is 25.0. The Balaban J connectivity index is 1.74. The summed E-state index contributed by atoms with van der Waals surface area (Å²) in [5, 5.41) is 0. The lowest BCUT2D eigenvalue weighted by molar-refractivity contribution is -0.130. The zero-order valence-electron chi connectivity index (χ0n) is 10.0. The lowest BCUT2D eigenvalue weighted by Gasteiger charge is -2.19. The molecular formula is C14H15NO3. The van der Waals surface area contributed by atoms with Crippen molar-refractivity contribution in [3.05, 3.63) is 35.9 Å². The lowest BCUT2D eigenvalue weighted by Crippen LogP contribution is -2.41. The Hall–Kier alpha value is -1.84. The average Bonchev–Trinajstić information content (AvgIpc) is 3.16. The maximum Gasteiger partial charge on any atom is 0.416 e. The molecule has 1 saturated heterocycles. The van der Waals surface area contributed by atoms with E-state index in [2.05, 4.69) is 0 Å². The van der Waals surface area contributed by atoms with E-state index in [1.165, 1.54) is 4.90 Å². The molecule has 2 fully saturated rings. The van der Waals surface area contributed by atoms with Crippen molar-refractivity contribution in [3.63, 3.8) is 0 Å². The summed E-state index contributed by atoms with van der Waals surface area (Å²) >= 11 is 0. The van der Waals surface area contributed by atoms with Gasteiger partial charge in [0.15, 0.2) is 0 Å². The average molecular weight is 245 g/mol. The van der Waals surface area contributed by atoms with Gasteiger partial charge in [-0.25, -0.2) is 9.69 Å². The van der Waals surface area contributed by atoms with Crippen LogP contribution in [0.5, 0.6) is 0 Å². The van der Waals surface area contributed by atoms with Crippen molar-refractivity contribution in [2.45, 2.75) is 25.3 Å². The van der Waals surface area contributed by atoms with Crippen LogP contribution < -0.4 is 0 Å². The van der Waals surface area contributed by atoms with Crippen molar-refractivity contribution in [2.75, 3.05) is 6.61 Å². The Morgan fingerprint density at radius 1 is 1.28 bits per heavy atom. The topological polar surface area (TPSA) is 46.6 Å². The molecule has 18 heavy (non-hydrogen) atoms. The highest BCUT2D eigenvalue weighted by Gasteiger charge is 2.43. The molecule has 1 aliphatic heterocycles. The van der Waals surface area contributed by atoms with E-state index in [9.17, 15) is 9.59 Å². The van der Waals surface area contributed by atoms with Crippen molar-refractivity contribution >= 4 is 12.0 Å². The number of nitrogens with zero attached hydrogens (tertiary/aromatic N) is 1. The number of carbonyl (C=O) groups excluding carboxylic acids is 2. The molecule has 1 heterocycles. The molecule has 2 aliphatic rings. The molecule has 4 nitrogen and oxygen atoms in total. The highest BCUT2D eigenvalue weighted by molar-refractivity contribution is 5.95. The number of cyclic esters (lactones) is 1. The number of ether oxygens (including phenoxy) is 1. The molecule has 1 saturated carbocycles. The van der Waals surface area contributed by atoms with E-state index < -0.39 is 6.09 Å². The van der Waals surface area contributed by atoms with Gasteiger partial charge in [-0.1, -0.05) is 30.3 Å². The van der Waals surface area contributed by atoms with Gasteiger partial charge in [0.2, 0.25) is 5.91 Å². The molecule has 0 N–H and O–H groups in total. The summed E-state index contributed by atoms with van der Waals surface area (Å²) in [5.74, 6) is -0.00708. The summed E-state index contributed by atoms with van der Waals surface area (Å²) in [5.41, 5.74) is 1.12. The number of benzene rings is 1. The minimum Gasteiger partial charge on any atom is -0.447 e. The van der Waals surface area contributed by atoms with Crippen LogP contribution in [0.3, 0.4) is 0 Å². The van der Waals surface area contributed by atoms with Crippen LogP contribution in [-0.4, -0.2) is 29.5 Å². The van der Waals surface area contributed by atoms with Gasteiger partial charge in [-0.3, -0.25) is 4.79 Å².